The van der Waals surface area contributed by atoms with E-state index in [0.717, 1.165) is 16.9 Å². The topological polar surface area (TPSA) is 75.7 Å². The Morgan fingerprint density at radius 3 is 2.57 bits per heavy atom. The number of aryl methyl sites for hydroxylation is 1. The number of halogens is 1. The molecule has 1 fully saturated rings. The van der Waals surface area contributed by atoms with Crippen molar-refractivity contribution in [1.82, 2.24) is 5.32 Å². The molecule has 0 aromatic heterocycles. The molecule has 144 valence electrons. The third-order valence-electron chi connectivity index (χ3n) is 4.19. The number of rotatable bonds is 5. The van der Waals surface area contributed by atoms with E-state index < -0.39 is 17.8 Å². The number of nitrogens with zero attached hydrogens (tertiary/aromatic N) is 1. The van der Waals surface area contributed by atoms with Crippen molar-refractivity contribution in [2.75, 3.05) is 11.5 Å². The summed E-state index contributed by atoms with van der Waals surface area (Å²) in [4.78, 5) is 38.4. The predicted octanol–water partition coefficient (Wildman–Crippen LogP) is 4.10. The van der Waals surface area contributed by atoms with Crippen LogP contribution in [0.4, 0.5) is 10.5 Å². The number of benzene rings is 2. The van der Waals surface area contributed by atoms with E-state index in [-0.39, 0.29) is 5.57 Å². The van der Waals surface area contributed by atoms with Gasteiger partial charge < -0.3 is 4.74 Å². The molecule has 3 rings (SSSR count). The van der Waals surface area contributed by atoms with Gasteiger partial charge in [0.1, 0.15) is 11.3 Å². The number of urea groups is 1. The summed E-state index contributed by atoms with van der Waals surface area (Å²) in [6.45, 7) is 4.31. The molecule has 0 spiro atoms. The van der Waals surface area contributed by atoms with Crippen molar-refractivity contribution >= 4 is 41.2 Å². The Bertz CT molecular complexity index is 984. The third kappa shape index (κ3) is 3.92. The molecule has 0 unspecified atom stereocenters. The maximum atomic E-state index is 12.9. The van der Waals surface area contributed by atoms with Gasteiger partial charge in [-0.1, -0.05) is 42.8 Å². The van der Waals surface area contributed by atoms with Crippen LogP contribution in [0.1, 0.15) is 24.5 Å². The Labute approximate surface area is 167 Å². The molecule has 0 atom stereocenters. The Kier molecular flexibility index (Phi) is 5.80. The Morgan fingerprint density at radius 1 is 1.14 bits per heavy atom. The molecule has 0 saturated carbocycles. The number of hydrogen-bond donors (Lipinski definition) is 1. The van der Waals surface area contributed by atoms with E-state index in [1.165, 1.54) is 6.08 Å². The van der Waals surface area contributed by atoms with Gasteiger partial charge in [0.05, 0.1) is 17.3 Å². The fourth-order valence-corrected chi connectivity index (χ4v) is 3.04. The first-order valence-electron chi connectivity index (χ1n) is 8.81. The van der Waals surface area contributed by atoms with Gasteiger partial charge in [-0.2, -0.15) is 0 Å². The lowest BCUT2D eigenvalue weighted by Crippen LogP contribution is -2.54. The summed E-state index contributed by atoms with van der Waals surface area (Å²) < 4.78 is 5.52. The fourth-order valence-electron chi connectivity index (χ4n) is 2.79. The first-order chi connectivity index (χ1) is 13.4. The van der Waals surface area contributed by atoms with Gasteiger partial charge in [0, 0.05) is 0 Å². The summed E-state index contributed by atoms with van der Waals surface area (Å²) in [5, 5.41) is 2.58. The normalized spacial score (nSPS) is 15.8. The monoisotopic (exact) mass is 398 g/mol. The molecular weight excluding hydrogens is 380 g/mol. The third-order valence-corrected chi connectivity index (χ3v) is 4.48. The second-order valence-corrected chi connectivity index (χ2v) is 6.69. The van der Waals surface area contributed by atoms with E-state index in [1.54, 1.807) is 49.4 Å². The van der Waals surface area contributed by atoms with E-state index in [2.05, 4.69) is 5.32 Å². The molecule has 6 nitrogen and oxygen atoms in total. The van der Waals surface area contributed by atoms with Crippen LogP contribution < -0.4 is 15.0 Å². The highest BCUT2D eigenvalue weighted by Gasteiger charge is 2.37. The summed E-state index contributed by atoms with van der Waals surface area (Å²) in [6, 6.07) is 11.2. The average Bonchev–Trinajstić information content (AvgIpc) is 2.66. The van der Waals surface area contributed by atoms with Crippen LogP contribution in [0.15, 0.2) is 48.0 Å². The molecule has 4 amide bonds. The van der Waals surface area contributed by atoms with Crippen molar-refractivity contribution < 1.29 is 19.1 Å². The molecule has 1 aliphatic heterocycles. The first-order valence-corrected chi connectivity index (χ1v) is 9.19. The molecule has 1 aliphatic rings. The molecule has 28 heavy (non-hydrogen) atoms. The zero-order valence-electron chi connectivity index (χ0n) is 15.5. The van der Waals surface area contributed by atoms with E-state index in [0.29, 0.717) is 28.6 Å². The van der Waals surface area contributed by atoms with Crippen LogP contribution in [-0.2, 0) is 9.59 Å². The van der Waals surface area contributed by atoms with Gasteiger partial charge >= 0.3 is 6.03 Å². The van der Waals surface area contributed by atoms with Crippen molar-refractivity contribution in [2.45, 2.75) is 20.3 Å². The number of ether oxygens (including phenoxy) is 1. The van der Waals surface area contributed by atoms with Gasteiger partial charge in [-0.25, -0.2) is 9.69 Å². The van der Waals surface area contributed by atoms with E-state index >= 15 is 0 Å². The molecule has 7 heteroatoms. The molecule has 1 N–H and O–H groups in total. The summed E-state index contributed by atoms with van der Waals surface area (Å²) in [5.41, 5.74) is 1.55. The van der Waals surface area contributed by atoms with Crippen LogP contribution >= 0.6 is 11.6 Å². The molecule has 0 radical (unpaired) electrons. The largest absolute Gasteiger partial charge is 0.492 e. The highest BCUT2D eigenvalue weighted by Crippen LogP contribution is 2.28. The van der Waals surface area contributed by atoms with Crippen LogP contribution in [0, 0.1) is 6.92 Å². The zero-order valence-corrected chi connectivity index (χ0v) is 16.2. The number of carbonyl (C=O) groups excluding carboxylic acids is 3. The summed E-state index contributed by atoms with van der Waals surface area (Å²) in [7, 11) is 0. The number of amides is 4. The molecule has 1 heterocycles. The number of barbiturate groups is 1. The number of para-hydroxylation sites is 1. The Balaban J connectivity index is 1.95. The number of nitrogens with one attached hydrogen (secondary N) is 1. The Morgan fingerprint density at radius 2 is 1.89 bits per heavy atom. The van der Waals surface area contributed by atoms with Crippen LogP contribution in [0.25, 0.3) is 6.08 Å². The SMILES string of the molecule is CCCOc1ccc(/C=C2\C(=O)NC(=O)N(c3ccccc3C)C2=O)cc1Cl. The summed E-state index contributed by atoms with van der Waals surface area (Å²) >= 11 is 6.22. The summed E-state index contributed by atoms with van der Waals surface area (Å²) in [6.07, 6.45) is 2.25. The van der Waals surface area contributed by atoms with Crippen molar-refractivity contribution in [1.29, 1.82) is 0 Å². The lowest BCUT2D eigenvalue weighted by Gasteiger charge is -2.27. The smallest absolute Gasteiger partial charge is 0.335 e. The number of imide groups is 2. The molecule has 2 aromatic carbocycles. The van der Waals surface area contributed by atoms with Crippen molar-refractivity contribution in [3.8, 4) is 5.75 Å². The molecule has 2 aromatic rings. The van der Waals surface area contributed by atoms with Crippen molar-refractivity contribution in [2.24, 2.45) is 0 Å². The standard InChI is InChI=1S/C21H19ClN2O4/c1-3-10-28-18-9-8-14(12-16(18)22)11-15-19(25)23-21(27)24(20(15)26)17-7-5-4-6-13(17)2/h4-9,11-12H,3,10H2,1-2H3,(H,23,25,27)/b15-11+. The van der Waals surface area contributed by atoms with Gasteiger partial charge in [0.25, 0.3) is 11.8 Å². The van der Waals surface area contributed by atoms with Gasteiger partial charge in [-0.3, -0.25) is 14.9 Å². The minimum atomic E-state index is -0.775. The van der Waals surface area contributed by atoms with Gasteiger partial charge in [0.2, 0.25) is 0 Å². The highest BCUT2D eigenvalue weighted by molar-refractivity contribution is 6.39. The fraction of sp³-hybridized carbons (Fsp3) is 0.190. The van der Waals surface area contributed by atoms with E-state index in [9.17, 15) is 14.4 Å². The number of anilines is 1. The Hall–Kier alpha value is -3.12. The second kappa shape index (κ2) is 8.27. The van der Waals surface area contributed by atoms with Crippen LogP contribution in [0.2, 0.25) is 5.02 Å². The van der Waals surface area contributed by atoms with Crippen LogP contribution in [-0.4, -0.2) is 24.5 Å². The lowest BCUT2D eigenvalue weighted by atomic mass is 10.1. The molecule has 1 saturated heterocycles. The average molecular weight is 399 g/mol. The minimum Gasteiger partial charge on any atom is -0.492 e. The second-order valence-electron chi connectivity index (χ2n) is 6.28. The van der Waals surface area contributed by atoms with Gasteiger partial charge in [-0.15, -0.1) is 0 Å². The minimum absolute atomic E-state index is 0.152. The molecular formula is C21H19ClN2O4. The first kappa shape index (κ1) is 19.6. The quantitative estimate of drug-likeness (QED) is 0.607. The maximum absolute atomic E-state index is 12.9. The predicted molar refractivity (Wildman–Crippen MR) is 107 cm³/mol. The lowest BCUT2D eigenvalue weighted by molar-refractivity contribution is -0.122. The van der Waals surface area contributed by atoms with E-state index in [1.807, 2.05) is 6.92 Å². The van der Waals surface area contributed by atoms with Gasteiger partial charge in [0.15, 0.2) is 0 Å². The van der Waals surface area contributed by atoms with Crippen LogP contribution in [0.5, 0.6) is 5.75 Å². The maximum Gasteiger partial charge on any atom is 0.335 e. The van der Waals surface area contributed by atoms with E-state index in [4.69, 9.17) is 16.3 Å². The number of carbonyl (C=O) groups is 3. The molecule has 0 bridgehead atoms. The number of hydrogen-bond acceptors (Lipinski definition) is 4. The van der Waals surface area contributed by atoms with Crippen molar-refractivity contribution in [3.05, 3.63) is 64.2 Å². The summed E-state index contributed by atoms with van der Waals surface area (Å²) in [5.74, 6) is -0.908. The zero-order chi connectivity index (χ0) is 20.3. The molecule has 0 aliphatic carbocycles. The van der Waals surface area contributed by atoms with Gasteiger partial charge in [-0.05, 0) is 48.7 Å². The van der Waals surface area contributed by atoms with Crippen LogP contribution in [0.3, 0.4) is 0 Å². The van der Waals surface area contributed by atoms with Crippen molar-refractivity contribution in [3.63, 3.8) is 0 Å². The highest BCUT2D eigenvalue weighted by atomic mass is 35.5.